The minimum Gasteiger partial charge on any atom is -0.491 e. The highest BCUT2D eigenvalue weighted by molar-refractivity contribution is 6.18. The Balaban J connectivity index is 1.07. The van der Waals surface area contributed by atoms with Crippen LogP contribution < -0.4 is 4.74 Å². The number of rotatable bonds is 16. The van der Waals surface area contributed by atoms with Crippen molar-refractivity contribution in [3.63, 3.8) is 0 Å². The first-order chi connectivity index (χ1) is 19.2. The summed E-state index contributed by atoms with van der Waals surface area (Å²) in [5.74, 6) is -1.24. The van der Waals surface area contributed by atoms with Crippen LogP contribution in [0, 0.1) is 11.6 Å². The summed E-state index contributed by atoms with van der Waals surface area (Å²) in [6.07, 6.45) is 0. The van der Waals surface area contributed by atoms with Gasteiger partial charge in [0.2, 0.25) is 0 Å². The smallest absolute Gasteiger partial charge is 0.178 e. The second-order valence-electron chi connectivity index (χ2n) is 8.73. The van der Waals surface area contributed by atoms with E-state index in [4.69, 9.17) is 37.3 Å². The van der Waals surface area contributed by atoms with E-state index in [1.807, 2.05) is 24.3 Å². The monoisotopic (exact) mass is 544 g/mol. The molecule has 208 valence electrons. The van der Waals surface area contributed by atoms with Crippen LogP contribution in [0.1, 0.15) is 0 Å². The Labute approximate surface area is 223 Å². The normalized spacial score (nSPS) is 12.0. The zero-order valence-electron chi connectivity index (χ0n) is 21.6. The van der Waals surface area contributed by atoms with E-state index < -0.39 is 11.6 Å². The van der Waals surface area contributed by atoms with Crippen LogP contribution >= 0.6 is 0 Å². The van der Waals surface area contributed by atoms with Gasteiger partial charge in [0.05, 0.1) is 59.5 Å². The number of hydrogen-bond donors (Lipinski definition) is 0. The van der Waals surface area contributed by atoms with Crippen LogP contribution in [-0.4, -0.2) is 73.2 Å². The standard InChI is InChI=1S/C29H30F2O8/c1-32-6-7-33-8-9-34-10-11-35-12-13-36-14-15-37-19-2-3-20-21-4-5-22-23-17-24(30)25(31)18-27(23)39-29(22)28(21)38-26(20)16-19/h2-5,16-18H,6-15H2,1H3. The minimum absolute atomic E-state index is 0.263. The fourth-order valence-electron chi connectivity index (χ4n) is 4.25. The molecule has 5 rings (SSSR count). The number of methoxy groups -OCH3 is 1. The van der Waals surface area contributed by atoms with Crippen molar-refractivity contribution in [1.82, 2.24) is 0 Å². The van der Waals surface area contributed by atoms with E-state index in [-0.39, 0.29) is 5.58 Å². The number of furan rings is 2. The van der Waals surface area contributed by atoms with Crippen molar-refractivity contribution in [2.24, 2.45) is 0 Å². The maximum atomic E-state index is 13.8. The predicted molar refractivity (Wildman–Crippen MR) is 142 cm³/mol. The zero-order chi connectivity index (χ0) is 27.0. The largest absolute Gasteiger partial charge is 0.491 e. The summed E-state index contributed by atoms with van der Waals surface area (Å²) in [7, 11) is 1.63. The van der Waals surface area contributed by atoms with E-state index in [0.717, 1.165) is 22.9 Å². The lowest BCUT2D eigenvalue weighted by molar-refractivity contribution is -0.00978. The molecule has 5 aromatic rings. The van der Waals surface area contributed by atoms with Crippen molar-refractivity contribution < 1.29 is 46.0 Å². The van der Waals surface area contributed by atoms with E-state index in [0.29, 0.717) is 99.3 Å². The first kappa shape index (κ1) is 27.3. The molecule has 0 N–H and O–H groups in total. The SMILES string of the molecule is COCCOCCOCCOCCOCCOc1ccc2c(c1)oc1c2ccc2c3cc(F)c(F)cc3oc21. The van der Waals surface area contributed by atoms with Crippen molar-refractivity contribution in [2.75, 3.05) is 73.2 Å². The molecule has 0 fully saturated rings. The van der Waals surface area contributed by atoms with Gasteiger partial charge in [-0.1, -0.05) is 0 Å². The first-order valence-corrected chi connectivity index (χ1v) is 12.7. The molecule has 2 aromatic heterocycles. The molecular formula is C29H30F2O8. The van der Waals surface area contributed by atoms with Crippen molar-refractivity contribution in [1.29, 1.82) is 0 Å². The molecule has 39 heavy (non-hydrogen) atoms. The summed E-state index contributed by atoms with van der Waals surface area (Å²) in [6, 6.07) is 11.5. The third-order valence-electron chi connectivity index (χ3n) is 6.14. The molecule has 0 spiro atoms. The Morgan fingerprint density at radius 1 is 0.538 bits per heavy atom. The highest BCUT2D eigenvalue weighted by Crippen LogP contribution is 2.39. The molecule has 0 bridgehead atoms. The lowest BCUT2D eigenvalue weighted by Crippen LogP contribution is -2.14. The van der Waals surface area contributed by atoms with Crippen molar-refractivity contribution in [2.45, 2.75) is 0 Å². The van der Waals surface area contributed by atoms with Crippen LogP contribution in [0.15, 0.2) is 51.3 Å². The molecule has 0 aliphatic heterocycles. The summed E-state index contributed by atoms with van der Waals surface area (Å²) in [4.78, 5) is 0. The van der Waals surface area contributed by atoms with Crippen LogP contribution in [0.3, 0.4) is 0 Å². The Morgan fingerprint density at radius 3 is 1.64 bits per heavy atom. The van der Waals surface area contributed by atoms with Gasteiger partial charge in [0.1, 0.15) is 23.5 Å². The fourth-order valence-corrected chi connectivity index (χ4v) is 4.25. The highest BCUT2D eigenvalue weighted by atomic mass is 19.2. The maximum Gasteiger partial charge on any atom is 0.178 e. The molecule has 8 nitrogen and oxygen atoms in total. The van der Waals surface area contributed by atoms with Crippen LogP contribution in [0.25, 0.3) is 43.9 Å². The molecule has 0 saturated heterocycles. The van der Waals surface area contributed by atoms with Gasteiger partial charge in [0, 0.05) is 40.8 Å². The fraction of sp³-hybridized carbons (Fsp3) is 0.379. The summed E-state index contributed by atoms with van der Waals surface area (Å²) in [5, 5.41) is 2.87. The van der Waals surface area contributed by atoms with Gasteiger partial charge < -0.3 is 37.3 Å². The van der Waals surface area contributed by atoms with E-state index in [9.17, 15) is 8.78 Å². The van der Waals surface area contributed by atoms with Crippen molar-refractivity contribution in [3.8, 4) is 5.75 Å². The van der Waals surface area contributed by atoms with Crippen LogP contribution in [0.4, 0.5) is 8.78 Å². The van der Waals surface area contributed by atoms with Crippen molar-refractivity contribution >= 4 is 43.9 Å². The topological polar surface area (TPSA) is 81.7 Å². The van der Waals surface area contributed by atoms with Gasteiger partial charge >= 0.3 is 0 Å². The molecule has 2 heterocycles. The number of ether oxygens (including phenoxy) is 6. The third kappa shape index (κ3) is 6.48. The molecule has 0 unspecified atom stereocenters. The van der Waals surface area contributed by atoms with Gasteiger partial charge in [-0.2, -0.15) is 0 Å². The van der Waals surface area contributed by atoms with E-state index in [1.54, 1.807) is 13.2 Å². The second-order valence-corrected chi connectivity index (χ2v) is 8.73. The lowest BCUT2D eigenvalue weighted by atomic mass is 10.1. The van der Waals surface area contributed by atoms with E-state index in [2.05, 4.69) is 0 Å². The minimum atomic E-state index is -0.957. The van der Waals surface area contributed by atoms with Crippen LogP contribution in [-0.2, 0) is 23.7 Å². The number of halogens is 2. The quantitative estimate of drug-likeness (QED) is 0.143. The average molecular weight is 545 g/mol. The lowest BCUT2D eigenvalue weighted by Gasteiger charge is -2.08. The van der Waals surface area contributed by atoms with Gasteiger partial charge in [0.15, 0.2) is 22.8 Å². The molecular weight excluding hydrogens is 514 g/mol. The Bertz CT molecular complexity index is 1530. The third-order valence-corrected chi connectivity index (χ3v) is 6.14. The molecule has 3 aromatic carbocycles. The second kappa shape index (κ2) is 13.2. The molecule has 0 aliphatic rings. The number of fused-ring (bicyclic) bond motifs is 7. The molecule has 0 atom stereocenters. The van der Waals surface area contributed by atoms with Gasteiger partial charge in [0.25, 0.3) is 0 Å². The Morgan fingerprint density at radius 2 is 1.03 bits per heavy atom. The molecule has 10 heteroatoms. The van der Waals surface area contributed by atoms with Gasteiger partial charge in [-0.25, -0.2) is 8.78 Å². The molecule has 0 amide bonds. The number of benzene rings is 3. The maximum absolute atomic E-state index is 13.8. The molecule has 0 radical (unpaired) electrons. The molecule has 0 aliphatic carbocycles. The Kier molecular flexibility index (Phi) is 9.23. The zero-order valence-corrected chi connectivity index (χ0v) is 21.6. The number of hydrogen-bond acceptors (Lipinski definition) is 8. The molecule has 0 saturated carbocycles. The predicted octanol–water partition coefficient (Wildman–Crippen LogP) is 5.86. The summed E-state index contributed by atoms with van der Waals surface area (Å²) >= 11 is 0. The summed E-state index contributed by atoms with van der Waals surface area (Å²) in [6.45, 7) is 4.87. The first-order valence-electron chi connectivity index (χ1n) is 12.7. The highest BCUT2D eigenvalue weighted by Gasteiger charge is 2.18. The van der Waals surface area contributed by atoms with Crippen LogP contribution in [0.5, 0.6) is 5.75 Å². The Hall–Kier alpha value is -3.28. The van der Waals surface area contributed by atoms with E-state index in [1.165, 1.54) is 0 Å². The van der Waals surface area contributed by atoms with Crippen molar-refractivity contribution in [3.05, 3.63) is 54.1 Å². The van der Waals surface area contributed by atoms with Gasteiger partial charge in [-0.3, -0.25) is 0 Å². The van der Waals surface area contributed by atoms with Gasteiger partial charge in [-0.05, 0) is 30.3 Å². The van der Waals surface area contributed by atoms with E-state index >= 15 is 0 Å². The van der Waals surface area contributed by atoms with Gasteiger partial charge in [-0.15, -0.1) is 0 Å². The summed E-state index contributed by atoms with van der Waals surface area (Å²) in [5.41, 5.74) is 1.84. The average Bonchev–Trinajstić information content (AvgIpc) is 3.48. The van der Waals surface area contributed by atoms with Crippen LogP contribution in [0.2, 0.25) is 0 Å². The summed E-state index contributed by atoms with van der Waals surface area (Å²) < 4.78 is 71.9.